The number of nitriles is 1. The van der Waals surface area contributed by atoms with Crippen LogP contribution in [0.1, 0.15) is 49.6 Å². The summed E-state index contributed by atoms with van der Waals surface area (Å²) in [6.45, 7) is 8.04. The van der Waals surface area contributed by atoms with Crippen molar-refractivity contribution in [3.63, 3.8) is 0 Å². The Morgan fingerprint density at radius 3 is 2.92 bits per heavy atom. The van der Waals surface area contributed by atoms with Crippen molar-refractivity contribution in [1.82, 2.24) is 14.8 Å². The normalized spacial score (nSPS) is 17.3. The average Bonchev–Trinajstić information content (AvgIpc) is 3.12. The second-order valence-corrected chi connectivity index (χ2v) is 8.06. The summed E-state index contributed by atoms with van der Waals surface area (Å²) >= 11 is 10.1. The SMILES string of the molecule is Cc1nn(CC(C)C)c(Cl)c1C1CCCN1c1cc(C#N)c(Br)cn1. The quantitative estimate of drug-likeness (QED) is 0.705. The van der Waals surface area contributed by atoms with Crippen LogP contribution in [0.5, 0.6) is 0 Å². The zero-order valence-electron chi connectivity index (χ0n) is 14.6. The number of pyridine rings is 1. The second kappa shape index (κ2) is 7.35. The minimum atomic E-state index is 0.147. The largest absolute Gasteiger partial charge is 0.349 e. The molecule has 5 nitrogen and oxygen atoms in total. The Bertz CT molecular complexity index is 824. The first kappa shape index (κ1) is 18.2. The number of aromatic nitrogens is 3. The summed E-state index contributed by atoms with van der Waals surface area (Å²) in [4.78, 5) is 6.76. The molecule has 0 spiro atoms. The number of halogens is 2. The van der Waals surface area contributed by atoms with E-state index in [1.807, 2.05) is 17.7 Å². The number of anilines is 1. The molecule has 132 valence electrons. The van der Waals surface area contributed by atoms with Gasteiger partial charge >= 0.3 is 0 Å². The maximum atomic E-state index is 9.28. The zero-order chi connectivity index (χ0) is 18.1. The summed E-state index contributed by atoms with van der Waals surface area (Å²) < 4.78 is 2.62. The van der Waals surface area contributed by atoms with Gasteiger partial charge in [0.1, 0.15) is 17.0 Å². The number of nitrogens with zero attached hydrogens (tertiary/aromatic N) is 5. The fraction of sp³-hybridized carbons (Fsp3) is 0.500. The maximum Gasteiger partial charge on any atom is 0.132 e. The molecule has 0 N–H and O–H groups in total. The van der Waals surface area contributed by atoms with Crippen LogP contribution in [0.25, 0.3) is 0 Å². The van der Waals surface area contributed by atoms with Crippen LogP contribution in [0.4, 0.5) is 5.82 Å². The molecule has 2 aromatic rings. The summed E-state index contributed by atoms with van der Waals surface area (Å²) in [6.07, 6.45) is 3.77. The Morgan fingerprint density at radius 1 is 1.48 bits per heavy atom. The van der Waals surface area contributed by atoms with Crippen LogP contribution in [-0.2, 0) is 6.54 Å². The molecule has 0 saturated carbocycles. The van der Waals surface area contributed by atoms with Crippen molar-refractivity contribution in [3.8, 4) is 6.07 Å². The second-order valence-electron chi connectivity index (χ2n) is 6.85. The van der Waals surface area contributed by atoms with E-state index in [-0.39, 0.29) is 6.04 Å². The summed E-state index contributed by atoms with van der Waals surface area (Å²) in [5, 5.41) is 14.7. The highest BCUT2D eigenvalue weighted by atomic mass is 79.9. The van der Waals surface area contributed by atoms with E-state index in [2.05, 4.69) is 50.8 Å². The van der Waals surface area contributed by atoms with E-state index in [0.717, 1.165) is 48.2 Å². The van der Waals surface area contributed by atoms with E-state index in [1.165, 1.54) is 0 Å². The molecule has 3 rings (SSSR count). The minimum absolute atomic E-state index is 0.147. The maximum absolute atomic E-state index is 9.28. The Morgan fingerprint density at radius 2 is 2.24 bits per heavy atom. The van der Waals surface area contributed by atoms with E-state index in [0.29, 0.717) is 16.0 Å². The van der Waals surface area contributed by atoms with Gasteiger partial charge in [0.2, 0.25) is 0 Å². The molecule has 7 heteroatoms. The molecule has 0 bridgehead atoms. The van der Waals surface area contributed by atoms with Gasteiger partial charge in [0.25, 0.3) is 0 Å². The Hall–Kier alpha value is -1.58. The number of hydrogen-bond donors (Lipinski definition) is 0. The molecule has 1 aliphatic rings. The molecule has 1 atom stereocenters. The lowest BCUT2D eigenvalue weighted by Gasteiger charge is -2.26. The molecule has 0 radical (unpaired) electrons. The van der Waals surface area contributed by atoms with Crippen molar-refractivity contribution < 1.29 is 0 Å². The van der Waals surface area contributed by atoms with Crippen LogP contribution >= 0.6 is 27.5 Å². The van der Waals surface area contributed by atoms with Crippen LogP contribution < -0.4 is 4.90 Å². The van der Waals surface area contributed by atoms with Gasteiger partial charge in [-0.3, -0.25) is 4.68 Å². The summed E-state index contributed by atoms with van der Waals surface area (Å²) in [6, 6.07) is 4.19. The predicted octanol–water partition coefficient (Wildman–Crippen LogP) is 4.87. The van der Waals surface area contributed by atoms with Crippen LogP contribution in [0.2, 0.25) is 5.15 Å². The first-order valence-corrected chi connectivity index (χ1v) is 9.64. The molecule has 0 amide bonds. The van der Waals surface area contributed by atoms with E-state index in [1.54, 1.807) is 6.20 Å². The van der Waals surface area contributed by atoms with Crippen molar-refractivity contribution in [3.05, 3.63) is 38.7 Å². The van der Waals surface area contributed by atoms with E-state index < -0.39 is 0 Å². The third-order valence-electron chi connectivity index (χ3n) is 4.49. The molecular weight excluding hydrogens is 402 g/mol. The van der Waals surface area contributed by atoms with Gasteiger partial charge in [-0.1, -0.05) is 25.4 Å². The van der Waals surface area contributed by atoms with Gasteiger partial charge in [0.05, 0.1) is 21.8 Å². The first-order valence-electron chi connectivity index (χ1n) is 8.47. The molecule has 0 aliphatic carbocycles. The smallest absolute Gasteiger partial charge is 0.132 e. The summed E-state index contributed by atoms with van der Waals surface area (Å²) in [5.41, 5.74) is 2.65. The monoisotopic (exact) mass is 421 g/mol. The fourth-order valence-corrected chi connectivity index (χ4v) is 4.10. The zero-order valence-corrected chi connectivity index (χ0v) is 17.0. The molecule has 2 aromatic heterocycles. The van der Waals surface area contributed by atoms with Crippen molar-refractivity contribution in [1.29, 1.82) is 5.26 Å². The van der Waals surface area contributed by atoms with E-state index >= 15 is 0 Å². The topological polar surface area (TPSA) is 57.7 Å². The van der Waals surface area contributed by atoms with Gasteiger partial charge in [0.15, 0.2) is 0 Å². The molecule has 1 aliphatic heterocycles. The highest BCUT2D eigenvalue weighted by Crippen LogP contribution is 2.40. The first-order chi connectivity index (χ1) is 11.9. The lowest BCUT2D eigenvalue weighted by atomic mass is 10.1. The third-order valence-corrected chi connectivity index (χ3v) is 5.52. The molecule has 1 fully saturated rings. The summed E-state index contributed by atoms with van der Waals surface area (Å²) in [5.74, 6) is 1.30. The lowest BCUT2D eigenvalue weighted by molar-refractivity contribution is 0.481. The fourth-order valence-electron chi connectivity index (χ4n) is 3.42. The van der Waals surface area contributed by atoms with E-state index in [9.17, 15) is 5.26 Å². The van der Waals surface area contributed by atoms with Crippen molar-refractivity contribution in [2.75, 3.05) is 11.4 Å². The van der Waals surface area contributed by atoms with Gasteiger partial charge in [-0.05, 0) is 47.7 Å². The predicted molar refractivity (Wildman–Crippen MR) is 103 cm³/mol. The minimum Gasteiger partial charge on any atom is -0.349 e. The Kier molecular flexibility index (Phi) is 5.35. The molecule has 3 heterocycles. The van der Waals surface area contributed by atoms with Gasteiger partial charge in [-0.2, -0.15) is 10.4 Å². The Labute approximate surface area is 161 Å². The van der Waals surface area contributed by atoms with Gasteiger partial charge < -0.3 is 4.90 Å². The van der Waals surface area contributed by atoms with Gasteiger partial charge in [-0.15, -0.1) is 0 Å². The number of hydrogen-bond acceptors (Lipinski definition) is 4. The van der Waals surface area contributed by atoms with Crippen LogP contribution in [0.3, 0.4) is 0 Å². The van der Waals surface area contributed by atoms with Crippen LogP contribution in [0.15, 0.2) is 16.7 Å². The van der Waals surface area contributed by atoms with Crippen LogP contribution in [0, 0.1) is 24.2 Å². The van der Waals surface area contributed by atoms with Crippen LogP contribution in [-0.4, -0.2) is 21.3 Å². The number of aryl methyl sites for hydroxylation is 1. The standard InChI is InChI=1S/C18H21BrClN5/c1-11(2)10-25-18(20)17(12(3)23-25)15-5-4-6-24(15)16-7-13(8-21)14(19)9-22-16/h7,9,11,15H,4-6,10H2,1-3H3. The van der Waals surface area contributed by atoms with Gasteiger partial charge in [-0.25, -0.2) is 4.98 Å². The molecular formula is C18H21BrClN5. The van der Waals surface area contributed by atoms with Gasteiger partial charge in [0, 0.05) is 24.8 Å². The molecule has 1 saturated heterocycles. The van der Waals surface area contributed by atoms with Crippen molar-refractivity contribution in [2.24, 2.45) is 5.92 Å². The van der Waals surface area contributed by atoms with Crippen molar-refractivity contribution in [2.45, 2.75) is 46.2 Å². The molecule has 1 unspecified atom stereocenters. The lowest BCUT2D eigenvalue weighted by Crippen LogP contribution is -2.24. The Balaban J connectivity index is 1.98. The van der Waals surface area contributed by atoms with E-state index in [4.69, 9.17) is 11.6 Å². The average molecular weight is 423 g/mol. The number of rotatable bonds is 4. The highest BCUT2D eigenvalue weighted by molar-refractivity contribution is 9.10. The van der Waals surface area contributed by atoms with Crippen molar-refractivity contribution >= 4 is 33.3 Å². The third kappa shape index (κ3) is 3.54. The summed E-state index contributed by atoms with van der Waals surface area (Å²) in [7, 11) is 0. The highest BCUT2D eigenvalue weighted by Gasteiger charge is 2.32. The molecule has 0 aromatic carbocycles. The molecule has 25 heavy (non-hydrogen) atoms.